The molecule has 120 valence electrons. The Balaban J connectivity index is 2.09. The summed E-state index contributed by atoms with van der Waals surface area (Å²) < 4.78 is 4.75. The minimum absolute atomic E-state index is 0.177. The number of para-hydroxylation sites is 1. The Morgan fingerprint density at radius 2 is 1.87 bits per heavy atom. The Bertz CT molecular complexity index is 728. The van der Waals surface area contributed by atoms with Gasteiger partial charge in [-0.3, -0.25) is 4.79 Å². The van der Waals surface area contributed by atoms with Gasteiger partial charge in [0.15, 0.2) is 0 Å². The van der Waals surface area contributed by atoms with E-state index in [2.05, 4.69) is 5.32 Å². The third kappa shape index (κ3) is 4.33. The summed E-state index contributed by atoms with van der Waals surface area (Å²) in [6.07, 6.45) is 0.809. The summed E-state index contributed by atoms with van der Waals surface area (Å²) in [5.41, 5.74) is 2.56. The number of halogens is 1. The molecule has 23 heavy (non-hydrogen) atoms. The molecule has 0 spiro atoms. The van der Waals surface area contributed by atoms with E-state index in [4.69, 9.17) is 16.3 Å². The number of carbonyl (C=O) groups excluding carboxylic acids is 2. The molecule has 0 saturated carbocycles. The van der Waals surface area contributed by atoms with E-state index in [0.29, 0.717) is 22.7 Å². The van der Waals surface area contributed by atoms with E-state index in [9.17, 15) is 9.59 Å². The molecular weight excluding hydrogens is 314 g/mol. The zero-order chi connectivity index (χ0) is 16.8. The molecule has 0 fully saturated rings. The predicted molar refractivity (Wildman–Crippen MR) is 90.9 cm³/mol. The lowest BCUT2D eigenvalue weighted by Gasteiger charge is -2.12. The molecule has 0 saturated heterocycles. The molecule has 2 aromatic carbocycles. The summed E-state index contributed by atoms with van der Waals surface area (Å²) >= 11 is 6.09. The lowest BCUT2D eigenvalue weighted by molar-refractivity contribution is -0.116. The summed E-state index contributed by atoms with van der Waals surface area (Å²) in [5.74, 6) is -0.653. The summed E-state index contributed by atoms with van der Waals surface area (Å²) in [6, 6.07) is 12.6. The number of ether oxygens (including phenoxy) is 1. The number of anilines is 1. The fourth-order valence-corrected chi connectivity index (χ4v) is 2.50. The van der Waals surface area contributed by atoms with Crippen LogP contribution < -0.4 is 5.32 Å². The first kappa shape index (κ1) is 17.0. The molecule has 4 nitrogen and oxygen atoms in total. The van der Waals surface area contributed by atoms with Crippen molar-refractivity contribution in [2.45, 2.75) is 19.8 Å². The lowest BCUT2D eigenvalue weighted by atomic mass is 10.1. The van der Waals surface area contributed by atoms with Crippen LogP contribution in [0, 0.1) is 6.92 Å². The van der Waals surface area contributed by atoms with Crippen LogP contribution in [-0.4, -0.2) is 19.0 Å². The highest BCUT2D eigenvalue weighted by molar-refractivity contribution is 6.31. The number of carbonyl (C=O) groups is 2. The minimum Gasteiger partial charge on any atom is -0.465 e. The zero-order valence-corrected chi connectivity index (χ0v) is 13.8. The third-order valence-electron chi connectivity index (χ3n) is 3.52. The molecular formula is C18H18ClNO3. The number of benzene rings is 2. The van der Waals surface area contributed by atoms with E-state index in [0.717, 1.165) is 11.1 Å². The molecule has 0 heterocycles. The van der Waals surface area contributed by atoms with Gasteiger partial charge in [0.1, 0.15) is 0 Å². The van der Waals surface area contributed by atoms with Crippen LogP contribution in [0.15, 0.2) is 42.5 Å². The highest BCUT2D eigenvalue weighted by Crippen LogP contribution is 2.22. The number of hydrogen-bond acceptors (Lipinski definition) is 3. The molecule has 0 aliphatic carbocycles. The number of aryl methyl sites for hydroxylation is 2. The van der Waals surface area contributed by atoms with Crippen molar-refractivity contribution in [2.75, 3.05) is 12.4 Å². The Morgan fingerprint density at radius 3 is 2.57 bits per heavy atom. The van der Waals surface area contributed by atoms with Crippen molar-refractivity contribution in [3.63, 3.8) is 0 Å². The van der Waals surface area contributed by atoms with Crippen LogP contribution in [0.1, 0.15) is 27.9 Å². The van der Waals surface area contributed by atoms with Gasteiger partial charge in [0.05, 0.1) is 18.4 Å². The van der Waals surface area contributed by atoms with Crippen molar-refractivity contribution < 1.29 is 14.3 Å². The molecule has 0 atom stereocenters. The van der Waals surface area contributed by atoms with Gasteiger partial charge in [-0.1, -0.05) is 41.9 Å². The average Bonchev–Trinajstić information content (AvgIpc) is 2.55. The van der Waals surface area contributed by atoms with E-state index < -0.39 is 5.97 Å². The first-order valence-corrected chi connectivity index (χ1v) is 7.62. The van der Waals surface area contributed by atoms with Crippen LogP contribution in [0.25, 0.3) is 0 Å². The van der Waals surface area contributed by atoms with Crippen molar-refractivity contribution in [1.29, 1.82) is 0 Å². The summed E-state index contributed by atoms with van der Waals surface area (Å²) in [5, 5.41) is 3.45. The molecule has 0 bridgehead atoms. The smallest absolute Gasteiger partial charge is 0.339 e. The monoisotopic (exact) mass is 331 g/mol. The number of amides is 1. The van der Waals surface area contributed by atoms with Gasteiger partial charge < -0.3 is 10.1 Å². The number of methoxy groups -OCH3 is 1. The second-order valence-corrected chi connectivity index (χ2v) is 5.54. The summed E-state index contributed by atoms with van der Waals surface area (Å²) in [4.78, 5) is 24.0. The van der Waals surface area contributed by atoms with Crippen molar-refractivity contribution >= 4 is 29.2 Å². The highest BCUT2D eigenvalue weighted by Gasteiger charge is 2.15. The van der Waals surface area contributed by atoms with Crippen LogP contribution in [-0.2, 0) is 16.0 Å². The first-order valence-electron chi connectivity index (χ1n) is 7.24. The molecule has 0 unspecified atom stereocenters. The number of esters is 1. The maximum atomic E-state index is 12.2. The SMILES string of the molecule is COC(=O)c1cccc(C)c1NC(=O)CCc1ccccc1Cl. The summed E-state index contributed by atoms with van der Waals surface area (Å²) in [6.45, 7) is 1.83. The Morgan fingerprint density at radius 1 is 1.13 bits per heavy atom. The Labute approximate surface area is 140 Å². The number of rotatable bonds is 5. The van der Waals surface area contributed by atoms with Gasteiger partial charge in [0.2, 0.25) is 5.91 Å². The minimum atomic E-state index is -0.477. The van der Waals surface area contributed by atoms with E-state index in [-0.39, 0.29) is 12.3 Å². The van der Waals surface area contributed by atoms with E-state index in [1.807, 2.05) is 31.2 Å². The molecule has 2 rings (SSSR count). The standard InChI is InChI=1S/C18H18ClNO3/c1-12-6-5-8-14(18(22)23-2)17(12)20-16(21)11-10-13-7-3-4-9-15(13)19/h3-9H,10-11H2,1-2H3,(H,20,21). The maximum absolute atomic E-state index is 12.2. The van der Waals surface area contributed by atoms with Crippen LogP contribution in [0.3, 0.4) is 0 Å². The Hall–Kier alpha value is -2.33. The number of hydrogen-bond donors (Lipinski definition) is 1. The van der Waals surface area contributed by atoms with Gasteiger partial charge in [-0.15, -0.1) is 0 Å². The molecule has 0 aromatic heterocycles. The second kappa shape index (κ2) is 7.79. The topological polar surface area (TPSA) is 55.4 Å². The normalized spacial score (nSPS) is 10.2. The molecule has 5 heteroatoms. The quantitative estimate of drug-likeness (QED) is 0.842. The van der Waals surface area contributed by atoms with Gasteiger partial charge in [-0.2, -0.15) is 0 Å². The van der Waals surface area contributed by atoms with Crippen LogP contribution in [0.2, 0.25) is 5.02 Å². The van der Waals surface area contributed by atoms with Crippen LogP contribution in [0.4, 0.5) is 5.69 Å². The highest BCUT2D eigenvalue weighted by atomic mass is 35.5. The van der Waals surface area contributed by atoms with E-state index >= 15 is 0 Å². The molecule has 1 amide bonds. The van der Waals surface area contributed by atoms with Crippen molar-refractivity contribution in [1.82, 2.24) is 0 Å². The molecule has 0 aliphatic rings. The van der Waals surface area contributed by atoms with Crippen molar-refractivity contribution in [3.05, 3.63) is 64.2 Å². The van der Waals surface area contributed by atoms with E-state index in [1.165, 1.54) is 7.11 Å². The first-order chi connectivity index (χ1) is 11.0. The molecule has 0 aliphatic heterocycles. The molecule has 0 radical (unpaired) electrons. The summed E-state index contributed by atoms with van der Waals surface area (Å²) in [7, 11) is 1.31. The Kier molecular flexibility index (Phi) is 5.77. The van der Waals surface area contributed by atoms with Crippen molar-refractivity contribution in [2.24, 2.45) is 0 Å². The fourth-order valence-electron chi connectivity index (χ4n) is 2.27. The average molecular weight is 332 g/mol. The second-order valence-electron chi connectivity index (χ2n) is 5.13. The van der Waals surface area contributed by atoms with Crippen molar-refractivity contribution in [3.8, 4) is 0 Å². The molecule has 1 N–H and O–H groups in total. The maximum Gasteiger partial charge on any atom is 0.339 e. The zero-order valence-electron chi connectivity index (χ0n) is 13.1. The van der Waals surface area contributed by atoms with Gasteiger partial charge in [0.25, 0.3) is 0 Å². The van der Waals surface area contributed by atoms with Crippen LogP contribution >= 0.6 is 11.6 Å². The predicted octanol–water partition coefficient (Wildman–Crippen LogP) is 4.01. The number of nitrogens with one attached hydrogen (secondary N) is 1. The van der Waals surface area contributed by atoms with Gasteiger partial charge >= 0.3 is 5.97 Å². The molecule has 2 aromatic rings. The van der Waals surface area contributed by atoms with Gasteiger partial charge in [0, 0.05) is 11.4 Å². The van der Waals surface area contributed by atoms with E-state index in [1.54, 1.807) is 18.2 Å². The fraction of sp³-hybridized carbons (Fsp3) is 0.222. The lowest BCUT2D eigenvalue weighted by Crippen LogP contribution is -2.16. The third-order valence-corrected chi connectivity index (χ3v) is 3.89. The largest absolute Gasteiger partial charge is 0.465 e. The van der Waals surface area contributed by atoms with Crippen LogP contribution in [0.5, 0.6) is 0 Å². The van der Waals surface area contributed by atoms with Gasteiger partial charge in [-0.05, 0) is 36.6 Å². The van der Waals surface area contributed by atoms with Gasteiger partial charge in [-0.25, -0.2) is 4.79 Å².